The van der Waals surface area contributed by atoms with Crippen molar-refractivity contribution in [1.82, 2.24) is 0 Å². The van der Waals surface area contributed by atoms with Gasteiger partial charge in [-0.1, -0.05) is 24.3 Å². The van der Waals surface area contributed by atoms with Crippen molar-refractivity contribution < 1.29 is 9.59 Å². The normalized spacial score (nSPS) is 20.8. The lowest BCUT2D eigenvalue weighted by molar-refractivity contribution is 0.0886. The molecule has 0 aromatic heterocycles. The maximum Gasteiger partial charge on any atom is 0.179 e. The molecule has 0 bridgehead atoms. The van der Waals surface area contributed by atoms with E-state index in [1.807, 2.05) is 0 Å². The molecule has 80 valence electrons. The van der Waals surface area contributed by atoms with Gasteiger partial charge in [-0.15, -0.1) is 0 Å². The lowest BCUT2D eigenvalue weighted by atomic mass is 10.1. The largest absolute Gasteiger partial charge is 0.293 e. The van der Waals surface area contributed by atoms with Crippen LogP contribution in [-0.2, 0) is 0 Å². The Labute approximate surface area is 93.2 Å². The van der Waals surface area contributed by atoms with E-state index in [0.29, 0.717) is 17.2 Å². The Kier molecular flexibility index (Phi) is 1.99. The number of aliphatic imine (C=N–C) groups is 1. The third-order valence-electron chi connectivity index (χ3n) is 3.02. The van der Waals surface area contributed by atoms with E-state index in [4.69, 9.17) is 0 Å². The van der Waals surface area contributed by atoms with Gasteiger partial charge in [0.25, 0.3) is 0 Å². The second-order valence-electron chi connectivity index (χ2n) is 4.28. The monoisotopic (exact) mass is 213 g/mol. The van der Waals surface area contributed by atoms with Gasteiger partial charge in [0.1, 0.15) is 5.92 Å². The summed E-state index contributed by atoms with van der Waals surface area (Å²) in [5, 5.41) is 0. The van der Waals surface area contributed by atoms with E-state index >= 15 is 0 Å². The van der Waals surface area contributed by atoms with Crippen LogP contribution in [0.25, 0.3) is 0 Å². The van der Waals surface area contributed by atoms with Gasteiger partial charge in [-0.05, 0) is 12.8 Å². The van der Waals surface area contributed by atoms with Crippen LogP contribution < -0.4 is 0 Å². The predicted octanol–water partition coefficient (Wildman–Crippen LogP) is 1.92. The van der Waals surface area contributed by atoms with Crippen LogP contribution >= 0.6 is 0 Å². The van der Waals surface area contributed by atoms with Crippen LogP contribution in [-0.4, -0.2) is 23.8 Å². The van der Waals surface area contributed by atoms with Gasteiger partial charge in [0.15, 0.2) is 11.6 Å². The molecular formula is C13H11NO2. The highest BCUT2D eigenvalue weighted by Crippen LogP contribution is 2.27. The summed E-state index contributed by atoms with van der Waals surface area (Å²) in [5.74, 6) is -0.881. The maximum absolute atomic E-state index is 11.9. The fourth-order valence-corrected chi connectivity index (χ4v) is 1.93. The van der Waals surface area contributed by atoms with Crippen LogP contribution in [0, 0.1) is 5.92 Å². The molecule has 0 radical (unpaired) electrons. The Balaban J connectivity index is 1.94. The molecular weight excluding hydrogens is 202 g/mol. The van der Waals surface area contributed by atoms with Crippen molar-refractivity contribution in [1.29, 1.82) is 0 Å². The van der Waals surface area contributed by atoms with E-state index < -0.39 is 5.92 Å². The van der Waals surface area contributed by atoms with Gasteiger partial charge in [0, 0.05) is 23.4 Å². The molecule has 16 heavy (non-hydrogen) atoms. The zero-order valence-electron chi connectivity index (χ0n) is 8.72. The van der Waals surface area contributed by atoms with Crippen LogP contribution in [0.4, 0.5) is 0 Å². The fraction of sp³-hybridized carbons (Fsp3) is 0.308. The van der Waals surface area contributed by atoms with E-state index in [0.717, 1.165) is 12.8 Å². The lowest BCUT2D eigenvalue weighted by Gasteiger charge is -1.97. The van der Waals surface area contributed by atoms with Crippen LogP contribution in [0.2, 0.25) is 0 Å². The molecule has 0 atom stereocenters. The second-order valence-corrected chi connectivity index (χ2v) is 4.28. The molecule has 1 aromatic rings. The number of ketones is 2. The highest BCUT2D eigenvalue weighted by atomic mass is 16.2. The smallest absolute Gasteiger partial charge is 0.179 e. The Morgan fingerprint density at radius 2 is 1.62 bits per heavy atom. The third-order valence-corrected chi connectivity index (χ3v) is 3.02. The molecule has 2 aliphatic rings. The minimum Gasteiger partial charge on any atom is -0.293 e. The molecule has 0 heterocycles. The van der Waals surface area contributed by atoms with Crippen LogP contribution in [0.3, 0.4) is 0 Å². The SMILES string of the molecule is O=C1c2ccccc2C(=O)C1C=NC1CC1. The molecule has 0 aliphatic heterocycles. The summed E-state index contributed by atoms with van der Waals surface area (Å²) in [6.45, 7) is 0. The van der Waals surface area contributed by atoms with Gasteiger partial charge >= 0.3 is 0 Å². The molecule has 1 aromatic carbocycles. The first-order valence-corrected chi connectivity index (χ1v) is 5.48. The first-order chi connectivity index (χ1) is 7.77. The first-order valence-electron chi connectivity index (χ1n) is 5.48. The summed E-state index contributed by atoms with van der Waals surface area (Å²) in [4.78, 5) is 28.1. The number of benzene rings is 1. The number of carbonyl (C=O) groups excluding carboxylic acids is 2. The van der Waals surface area contributed by atoms with Crippen molar-refractivity contribution in [3.63, 3.8) is 0 Å². The van der Waals surface area contributed by atoms with Crippen molar-refractivity contribution >= 4 is 17.8 Å². The van der Waals surface area contributed by atoms with Gasteiger partial charge in [0.2, 0.25) is 0 Å². The minimum atomic E-state index is -0.669. The van der Waals surface area contributed by atoms with Crippen LogP contribution in [0.5, 0.6) is 0 Å². The molecule has 1 fully saturated rings. The number of nitrogens with zero attached hydrogens (tertiary/aromatic N) is 1. The van der Waals surface area contributed by atoms with E-state index in [2.05, 4.69) is 4.99 Å². The molecule has 0 saturated heterocycles. The van der Waals surface area contributed by atoms with Gasteiger partial charge < -0.3 is 0 Å². The number of carbonyl (C=O) groups is 2. The van der Waals surface area contributed by atoms with Crippen molar-refractivity contribution in [2.75, 3.05) is 0 Å². The summed E-state index contributed by atoms with van der Waals surface area (Å²) in [5.41, 5.74) is 1.08. The average molecular weight is 213 g/mol. The van der Waals surface area contributed by atoms with Crippen molar-refractivity contribution in [3.05, 3.63) is 35.4 Å². The summed E-state index contributed by atoms with van der Waals surface area (Å²) in [6, 6.07) is 7.33. The topological polar surface area (TPSA) is 46.5 Å². The summed E-state index contributed by atoms with van der Waals surface area (Å²) in [7, 11) is 0. The Morgan fingerprint density at radius 3 is 2.12 bits per heavy atom. The molecule has 0 amide bonds. The number of hydrogen-bond acceptors (Lipinski definition) is 3. The zero-order valence-corrected chi connectivity index (χ0v) is 8.72. The molecule has 3 rings (SSSR count). The Bertz CT molecular complexity index is 465. The number of fused-ring (bicyclic) bond motifs is 1. The quantitative estimate of drug-likeness (QED) is 0.556. The highest BCUT2D eigenvalue weighted by Gasteiger charge is 2.37. The van der Waals surface area contributed by atoms with E-state index in [9.17, 15) is 9.59 Å². The van der Waals surface area contributed by atoms with Gasteiger partial charge in [0.05, 0.1) is 0 Å². The van der Waals surface area contributed by atoms with Crippen LogP contribution in [0.15, 0.2) is 29.3 Å². The lowest BCUT2D eigenvalue weighted by Crippen LogP contribution is -2.16. The van der Waals surface area contributed by atoms with E-state index in [-0.39, 0.29) is 11.6 Å². The number of hydrogen-bond donors (Lipinski definition) is 0. The molecule has 3 nitrogen and oxygen atoms in total. The van der Waals surface area contributed by atoms with E-state index in [1.165, 1.54) is 0 Å². The second kappa shape index (κ2) is 3.37. The molecule has 1 saturated carbocycles. The van der Waals surface area contributed by atoms with E-state index in [1.54, 1.807) is 30.5 Å². The fourth-order valence-electron chi connectivity index (χ4n) is 1.93. The maximum atomic E-state index is 11.9. The summed E-state index contributed by atoms with van der Waals surface area (Å²) < 4.78 is 0. The van der Waals surface area contributed by atoms with Crippen LogP contribution in [0.1, 0.15) is 33.6 Å². The van der Waals surface area contributed by atoms with Gasteiger partial charge in [-0.2, -0.15) is 0 Å². The number of rotatable bonds is 2. The average Bonchev–Trinajstić information content (AvgIpc) is 3.09. The first kappa shape index (κ1) is 9.46. The van der Waals surface area contributed by atoms with Crippen molar-refractivity contribution in [3.8, 4) is 0 Å². The Morgan fingerprint density at radius 1 is 1.06 bits per heavy atom. The number of Topliss-reactive ketones (excluding diaryl/α,β-unsaturated/α-hetero) is 2. The standard InChI is InChI=1S/C13H11NO2/c15-12-9-3-1-2-4-10(9)13(16)11(12)7-14-8-5-6-8/h1-4,7-8,11H,5-6H2. The molecule has 0 unspecified atom stereocenters. The van der Waals surface area contributed by atoms with Crippen molar-refractivity contribution in [2.24, 2.45) is 10.9 Å². The zero-order chi connectivity index (χ0) is 11.1. The van der Waals surface area contributed by atoms with Crippen molar-refractivity contribution in [2.45, 2.75) is 18.9 Å². The molecule has 0 N–H and O–H groups in total. The molecule has 2 aliphatic carbocycles. The summed E-state index contributed by atoms with van der Waals surface area (Å²) >= 11 is 0. The van der Waals surface area contributed by atoms with Gasteiger partial charge in [-0.25, -0.2) is 0 Å². The summed E-state index contributed by atoms with van der Waals surface area (Å²) in [6.07, 6.45) is 3.71. The minimum absolute atomic E-state index is 0.106. The molecule has 0 spiro atoms. The third kappa shape index (κ3) is 1.40. The highest BCUT2D eigenvalue weighted by molar-refractivity contribution is 6.33. The Hall–Kier alpha value is -1.77. The molecule has 3 heteroatoms. The van der Waals surface area contributed by atoms with Gasteiger partial charge in [-0.3, -0.25) is 14.6 Å². The predicted molar refractivity (Wildman–Crippen MR) is 60.1 cm³/mol.